The maximum Gasteiger partial charge on any atom is 0.261 e. The highest BCUT2D eigenvalue weighted by Gasteiger charge is 2.16. The van der Waals surface area contributed by atoms with Crippen molar-refractivity contribution in [1.29, 1.82) is 0 Å². The van der Waals surface area contributed by atoms with Crippen molar-refractivity contribution in [2.75, 3.05) is 0 Å². The van der Waals surface area contributed by atoms with Gasteiger partial charge >= 0.3 is 0 Å². The first kappa shape index (κ1) is 16.8. The van der Waals surface area contributed by atoms with Crippen molar-refractivity contribution in [3.63, 3.8) is 0 Å². The van der Waals surface area contributed by atoms with E-state index < -0.39 is 0 Å². The Labute approximate surface area is 135 Å². The van der Waals surface area contributed by atoms with Crippen molar-refractivity contribution in [3.05, 3.63) is 48.5 Å². The smallest absolute Gasteiger partial charge is 0.234 e. The van der Waals surface area contributed by atoms with Crippen LogP contribution in [0.15, 0.2) is 42.7 Å². The molecule has 0 aliphatic rings. The molecular formula is C20H31N2+. The number of hydrogen-bond acceptors (Lipinski definition) is 0. The third-order valence-corrected chi connectivity index (χ3v) is 4.36. The molecule has 0 spiro atoms. The van der Waals surface area contributed by atoms with Crippen molar-refractivity contribution in [2.24, 2.45) is 0 Å². The second-order valence-electron chi connectivity index (χ2n) is 6.09. The van der Waals surface area contributed by atoms with Crippen molar-refractivity contribution in [3.8, 4) is 5.69 Å². The fraction of sp³-hybridized carbons (Fsp3) is 0.550. The van der Waals surface area contributed by atoms with Gasteiger partial charge in [0.2, 0.25) is 0 Å². The second-order valence-corrected chi connectivity index (χ2v) is 6.09. The third-order valence-electron chi connectivity index (χ3n) is 4.36. The first-order chi connectivity index (χ1) is 10.9. The minimum Gasteiger partial charge on any atom is -0.234 e. The van der Waals surface area contributed by atoms with Crippen LogP contribution in [-0.4, -0.2) is 4.57 Å². The summed E-state index contributed by atoms with van der Waals surface area (Å²) >= 11 is 0. The zero-order chi connectivity index (χ0) is 15.6. The molecule has 0 fully saturated rings. The van der Waals surface area contributed by atoms with E-state index in [0.717, 1.165) is 13.0 Å². The van der Waals surface area contributed by atoms with Crippen molar-refractivity contribution >= 4 is 0 Å². The third kappa shape index (κ3) is 4.72. The van der Waals surface area contributed by atoms with Gasteiger partial charge in [-0.25, -0.2) is 4.57 Å². The standard InChI is InChI=1S/C20H31N2/c1-3-5-6-7-8-9-13-16-21-17-18-22(20(21)4-2)19-14-11-10-12-15-19/h10-12,14-15,17-18H,3-9,13,16H2,1-2H3/q+1. The Morgan fingerprint density at radius 3 is 2.23 bits per heavy atom. The molecule has 1 aromatic heterocycles. The Hall–Kier alpha value is -1.57. The van der Waals surface area contributed by atoms with Gasteiger partial charge in [0.15, 0.2) is 0 Å². The molecule has 1 aromatic carbocycles. The Bertz CT molecular complexity index is 528. The maximum atomic E-state index is 2.43. The minimum absolute atomic E-state index is 1.07. The summed E-state index contributed by atoms with van der Waals surface area (Å²) in [7, 11) is 0. The lowest BCUT2D eigenvalue weighted by atomic mass is 10.1. The molecule has 0 radical (unpaired) electrons. The topological polar surface area (TPSA) is 8.81 Å². The van der Waals surface area contributed by atoms with Crippen LogP contribution in [0.4, 0.5) is 0 Å². The summed E-state index contributed by atoms with van der Waals surface area (Å²) in [6, 6.07) is 10.6. The lowest BCUT2D eigenvalue weighted by molar-refractivity contribution is -0.703. The van der Waals surface area contributed by atoms with Gasteiger partial charge in [0.1, 0.15) is 18.1 Å². The normalized spacial score (nSPS) is 11.0. The van der Waals surface area contributed by atoms with Crippen LogP contribution in [0.3, 0.4) is 0 Å². The van der Waals surface area contributed by atoms with E-state index in [1.165, 1.54) is 56.5 Å². The zero-order valence-electron chi connectivity index (χ0n) is 14.3. The van der Waals surface area contributed by atoms with E-state index in [1.54, 1.807) is 0 Å². The number of aromatic nitrogens is 2. The van der Waals surface area contributed by atoms with E-state index in [2.05, 4.69) is 65.7 Å². The van der Waals surface area contributed by atoms with Crippen LogP contribution >= 0.6 is 0 Å². The SMILES string of the molecule is CCCCCCCCC[n+]1ccn(-c2ccccc2)c1CC. The highest BCUT2D eigenvalue weighted by Crippen LogP contribution is 2.11. The molecule has 2 aromatic rings. The van der Waals surface area contributed by atoms with Crippen LogP contribution in [0.5, 0.6) is 0 Å². The van der Waals surface area contributed by atoms with Gasteiger partial charge < -0.3 is 0 Å². The molecule has 0 N–H and O–H groups in total. The number of hydrogen-bond donors (Lipinski definition) is 0. The molecule has 120 valence electrons. The van der Waals surface area contributed by atoms with E-state index in [4.69, 9.17) is 0 Å². The number of imidazole rings is 1. The number of unbranched alkanes of at least 4 members (excludes halogenated alkanes) is 6. The highest BCUT2D eigenvalue weighted by atomic mass is 15.1. The molecule has 2 rings (SSSR count). The summed E-state index contributed by atoms with van der Waals surface area (Å²) in [6.07, 6.45) is 15.1. The molecule has 22 heavy (non-hydrogen) atoms. The monoisotopic (exact) mass is 299 g/mol. The summed E-state index contributed by atoms with van der Waals surface area (Å²) in [5, 5.41) is 0. The first-order valence-corrected chi connectivity index (χ1v) is 9.02. The van der Waals surface area contributed by atoms with Crippen LogP contribution in [-0.2, 0) is 13.0 Å². The lowest BCUT2D eigenvalue weighted by Crippen LogP contribution is -2.36. The Kier molecular flexibility index (Phi) is 7.21. The molecule has 0 saturated heterocycles. The summed E-state index contributed by atoms with van der Waals surface area (Å²) in [6.45, 7) is 5.67. The fourth-order valence-electron chi connectivity index (χ4n) is 3.10. The van der Waals surface area contributed by atoms with Gasteiger partial charge in [-0.15, -0.1) is 0 Å². The quantitative estimate of drug-likeness (QED) is 0.427. The van der Waals surface area contributed by atoms with Gasteiger partial charge in [-0.2, -0.15) is 4.57 Å². The minimum atomic E-state index is 1.07. The van der Waals surface area contributed by atoms with Crippen LogP contribution < -0.4 is 4.57 Å². The molecule has 2 heteroatoms. The maximum absolute atomic E-state index is 2.43. The lowest BCUT2D eigenvalue weighted by Gasteiger charge is -2.04. The molecule has 0 atom stereocenters. The Morgan fingerprint density at radius 1 is 0.864 bits per heavy atom. The van der Waals surface area contributed by atoms with Gasteiger partial charge in [-0.3, -0.25) is 0 Å². The predicted octanol–water partition coefficient (Wildman–Crippen LogP) is 5.08. The molecule has 2 nitrogen and oxygen atoms in total. The number of nitrogens with zero attached hydrogens (tertiary/aromatic N) is 2. The van der Waals surface area contributed by atoms with Crippen molar-refractivity contribution in [2.45, 2.75) is 71.8 Å². The van der Waals surface area contributed by atoms with Crippen LogP contribution in [0, 0.1) is 0 Å². The molecule has 0 amide bonds. The molecule has 0 unspecified atom stereocenters. The Balaban J connectivity index is 1.86. The number of para-hydroxylation sites is 1. The molecule has 0 saturated carbocycles. The van der Waals surface area contributed by atoms with E-state index in [1.807, 2.05) is 0 Å². The Morgan fingerprint density at radius 2 is 1.55 bits per heavy atom. The molecular weight excluding hydrogens is 268 g/mol. The zero-order valence-corrected chi connectivity index (χ0v) is 14.3. The predicted molar refractivity (Wildman–Crippen MR) is 93.3 cm³/mol. The number of benzene rings is 1. The largest absolute Gasteiger partial charge is 0.261 e. The number of aryl methyl sites for hydroxylation is 1. The molecule has 0 aliphatic carbocycles. The van der Waals surface area contributed by atoms with Crippen LogP contribution in [0.2, 0.25) is 0 Å². The van der Waals surface area contributed by atoms with E-state index in [-0.39, 0.29) is 0 Å². The van der Waals surface area contributed by atoms with E-state index in [0.29, 0.717) is 0 Å². The summed E-state index contributed by atoms with van der Waals surface area (Å²) in [4.78, 5) is 0. The number of rotatable bonds is 10. The molecule has 0 bridgehead atoms. The first-order valence-electron chi connectivity index (χ1n) is 9.02. The summed E-state index contributed by atoms with van der Waals surface area (Å²) in [5.41, 5.74) is 1.26. The fourth-order valence-corrected chi connectivity index (χ4v) is 3.10. The van der Waals surface area contributed by atoms with Gasteiger partial charge in [0, 0.05) is 6.42 Å². The van der Waals surface area contributed by atoms with Crippen molar-refractivity contribution < 1.29 is 4.57 Å². The van der Waals surface area contributed by atoms with Crippen molar-refractivity contribution in [1.82, 2.24) is 4.57 Å². The van der Waals surface area contributed by atoms with Gasteiger partial charge in [-0.1, -0.05) is 64.2 Å². The average Bonchev–Trinajstić information content (AvgIpc) is 2.97. The molecule has 0 aliphatic heterocycles. The van der Waals surface area contributed by atoms with Crippen LogP contribution in [0.25, 0.3) is 5.69 Å². The molecule has 1 heterocycles. The van der Waals surface area contributed by atoms with Gasteiger partial charge in [-0.05, 0) is 25.0 Å². The summed E-state index contributed by atoms with van der Waals surface area (Å²) in [5.74, 6) is 1.40. The van der Waals surface area contributed by atoms with Crippen LogP contribution in [0.1, 0.15) is 64.6 Å². The van der Waals surface area contributed by atoms with Gasteiger partial charge in [0.05, 0.1) is 6.54 Å². The highest BCUT2D eigenvalue weighted by molar-refractivity contribution is 5.31. The summed E-state index contributed by atoms with van der Waals surface area (Å²) < 4.78 is 4.75. The average molecular weight is 299 g/mol. The second kappa shape index (κ2) is 9.45. The van der Waals surface area contributed by atoms with Gasteiger partial charge in [0.25, 0.3) is 5.82 Å². The van der Waals surface area contributed by atoms with E-state index >= 15 is 0 Å². The van der Waals surface area contributed by atoms with E-state index in [9.17, 15) is 0 Å².